The van der Waals surface area contributed by atoms with Crippen molar-refractivity contribution in [1.29, 1.82) is 0 Å². The lowest BCUT2D eigenvalue weighted by atomic mass is 10.1. The van der Waals surface area contributed by atoms with Crippen molar-refractivity contribution in [2.24, 2.45) is 0 Å². The van der Waals surface area contributed by atoms with Crippen molar-refractivity contribution in [1.82, 2.24) is 4.98 Å². The van der Waals surface area contributed by atoms with Crippen LogP contribution < -0.4 is 4.90 Å². The molecule has 1 amide bonds. The van der Waals surface area contributed by atoms with Crippen LogP contribution in [0, 0.1) is 6.92 Å². The third kappa shape index (κ3) is 1.89. The molecule has 0 radical (unpaired) electrons. The molecule has 102 valence electrons. The predicted molar refractivity (Wildman–Crippen MR) is 83.4 cm³/mol. The fraction of sp³-hybridized carbons (Fsp3) is 0.111. The van der Waals surface area contributed by atoms with E-state index in [0.29, 0.717) is 12.1 Å². The van der Waals surface area contributed by atoms with Crippen LogP contribution in [0.4, 0.5) is 5.69 Å². The van der Waals surface area contributed by atoms with Crippen LogP contribution in [0.25, 0.3) is 10.9 Å². The van der Waals surface area contributed by atoms with Crippen molar-refractivity contribution in [3.8, 4) is 0 Å². The molecule has 1 aliphatic rings. The number of rotatable bonds is 1. The molecule has 0 atom stereocenters. The molecule has 2 heterocycles. The number of amides is 1. The van der Waals surface area contributed by atoms with Crippen LogP contribution in [-0.2, 0) is 6.54 Å². The van der Waals surface area contributed by atoms with Crippen molar-refractivity contribution >= 4 is 22.5 Å². The van der Waals surface area contributed by atoms with Crippen LogP contribution in [0.5, 0.6) is 0 Å². The Morgan fingerprint density at radius 2 is 1.81 bits per heavy atom. The first-order chi connectivity index (χ1) is 10.2. The molecule has 1 aliphatic heterocycles. The highest BCUT2D eigenvalue weighted by molar-refractivity contribution is 6.11. The van der Waals surface area contributed by atoms with Crippen LogP contribution >= 0.6 is 0 Å². The number of nitrogens with zero attached hydrogens (tertiary/aromatic N) is 2. The summed E-state index contributed by atoms with van der Waals surface area (Å²) in [5.74, 6) is 0.0344. The molecule has 0 spiro atoms. The van der Waals surface area contributed by atoms with E-state index in [4.69, 9.17) is 0 Å². The maximum Gasteiger partial charge on any atom is 0.260 e. The Bertz CT molecular complexity index is 853. The van der Waals surface area contributed by atoms with Gasteiger partial charge in [0.15, 0.2) is 0 Å². The van der Waals surface area contributed by atoms with E-state index >= 15 is 0 Å². The van der Waals surface area contributed by atoms with Gasteiger partial charge in [0.1, 0.15) is 0 Å². The largest absolute Gasteiger partial charge is 0.302 e. The lowest BCUT2D eigenvalue weighted by Gasteiger charge is -2.15. The fourth-order valence-corrected chi connectivity index (χ4v) is 2.76. The molecule has 0 saturated carbocycles. The number of aromatic nitrogens is 1. The standard InChI is InChI=1S/C18H14N2O/c1-12-6-8-14(9-7-12)20-11-17-15(18(20)21)10-13-4-2-3-5-16(13)19-17/h2-10H,11H2,1H3. The van der Waals surface area contributed by atoms with Gasteiger partial charge in [0, 0.05) is 11.1 Å². The van der Waals surface area contributed by atoms with Crippen molar-refractivity contribution in [2.75, 3.05) is 4.90 Å². The Balaban J connectivity index is 1.80. The maximum absolute atomic E-state index is 12.6. The summed E-state index contributed by atoms with van der Waals surface area (Å²) < 4.78 is 0. The lowest BCUT2D eigenvalue weighted by Crippen LogP contribution is -2.22. The van der Waals surface area contributed by atoms with Crippen molar-refractivity contribution in [3.05, 3.63) is 71.4 Å². The second kappa shape index (κ2) is 4.42. The predicted octanol–water partition coefficient (Wildman–Crippen LogP) is 3.70. The minimum Gasteiger partial charge on any atom is -0.302 e. The van der Waals surface area contributed by atoms with Crippen LogP contribution in [0.3, 0.4) is 0 Å². The molecule has 2 aromatic carbocycles. The van der Waals surface area contributed by atoms with Gasteiger partial charge in [-0.05, 0) is 31.2 Å². The third-order valence-corrected chi connectivity index (χ3v) is 3.93. The Labute approximate surface area is 122 Å². The Morgan fingerprint density at radius 3 is 2.62 bits per heavy atom. The number of pyridine rings is 1. The number of hydrogen-bond acceptors (Lipinski definition) is 2. The number of anilines is 1. The molecule has 4 rings (SSSR count). The summed E-state index contributed by atoms with van der Waals surface area (Å²) in [5.41, 5.74) is 4.63. The van der Waals surface area contributed by atoms with Gasteiger partial charge >= 0.3 is 0 Å². The third-order valence-electron chi connectivity index (χ3n) is 3.93. The first-order valence-electron chi connectivity index (χ1n) is 6.99. The summed E-state index contributed by atoms with van der Waals surface area (Å²) >= 11 is 0. The van der Waals surface area contributed by atoms with Gasteiger partial charge in [0.2, 0.25) is 0 Å². The number of hydrogen-bond donors (Lipinski definition) is 0. The quantitative estimate of drug-likeness (QED) is 0.678. The SMILES string of the molecule is Cc1ccc(N2Cc3nc4ccccc4cc3C2=O)cc1. The number of carbonyl (C=O) groups excluding carboxylic acids is 1. The van der Waals surface area contributed by atoms with E-state index < -0.39 is 0 Å². The minimum atomic E-state index is 0.0344. The highest BCUT2D eigenvalue weighted by atomic mass is 16.2. The van der Waals surface area contributed by atoms with Crippen LogP contribution in [0.2, 0.25) is 0 Å². The van der Waals surface area contributed by atoms with Crippen LogP contribution in [0.1, 0.15) is 21.6 Å². The minimum absolute atomic E-state index is 0.0344. The van der Waals surface area contributed by atoms with Gasteiger partial charge in [-0.25, -0.2) is 0 Å². The van der Waals surface area contributed by atoms with Gasteiger partial charge < -0.3 is 4.90 Å². The highest BCUT2D eigenvalue weighted by Gasteiger charge is 2.29. The first-order valence-corrected chi connectivity index (χ1v) is 6.99. The first kappa shape index (κ1) is 12.1. The normalized spacial score (nSPS) is 13.8. The van der Waals surface area contributed by atoms with Gasteiger partial charge in [-0.3, -0.25) is 9.78 Å². The molecule has 3 heteroatoms. The zero-order valence-corrected chi connectivity index (χ0v) is 11.7. The molecule has 3 nitrogen and oxygen atoms in total. The molecule has 3 aromatic rings. The van der Waals surface area contributed by atoms with Gasteiger partial charge in [-0.2, -0.15) is 0 Å². The number of fused-ring (bicyclic) bond motifs is 2. The lowest BCUT2D eigenvalue weighted by molar-refractivity contribution is 0.0996. The Hall–Kier alpha value is -2.68. The highest BCUT2D eigenvalue weighted by Crippen LogP contribution is 2.29. The zero-order valence-electron chi connectivity index (χ0n) is 11.7. The van der Waals surface area contributed by atoms with E-state index in [2.05, 4.69) is 4.98 Å². The Morgan fingerprint density at radius 1 is 1.05 bits per heavy atom. The van der Waals surface area contributed by atoms with E-state index in [1.165, 1.54) is 5.56 Å². The average molecular weight is 274 g/mol. The van der Waals surface area contributed by atoms with Crippen LogP contribution in [0.15, 0.2) is 54.6 Å². The summed E-state index contributed by atoms with van der Waals surface area (Å²) in [6.45, 7) is 2.58. The van der Waals surface area contributed by atoms with E-state index in [9.17, 15) is 4.79 Å². The molecular weight excluding hydrogens is 260 g/mol. The zero-order chi connectivity index (χ0) is 14.4. The number of aryl methyl sites for hydroxylation is 1. The van der Waals surface area contributed by atoms with Gasteiger partial charge in [0.05, 0.1) is 23.3 Å². The molecule has 0 unspecified atom stereocenters. The monoisotopic (exact) mass is 274 g/mol. The molecule has 0 N–H and O–H groups in total. The van der Waals surface area contributed by atoms with E-state index in [1.54, 1.807) is 4.90 Å². The van der Waals surface area contributed by atoms with E-state index in [0.717, 1.165) is 22.3 Å². The summed E-state index contributed by atoms with van der Waals surface area (Å²) in [7, 11) is 0. The van der Waals surface area contributed by atoms with Crippen molar-refractivity contribution < 1.29 is 4.79 Å². The van der Waals surface area contributed by atoms with Crippen LogP contribution in [-0.4, -0.2) is 10.9 Å². The molecule has 21 heavy (non-hydrogen) atoms. The van der Waals surface area contributed by atoms with Gasteiger partial charge in [-0.1, -0.05) is 35.9 Å². The second-order valence-corrected chi connectivity index (χ2v) is 5.40. The second-order valence-electron chi connectivity index (χ2n) is 5.40. The smallest absolute Gasteiger partial charge is 0.260 e. The van der Waals surface area contributed by atoms with E-state index in [1.807, 2.05) is 61.5 Å². The molecule has 0 fully saturated rings. The molecule has 0 aliphatic carbocycles. The average Bonchev–Trinajstić information content (AvgIpc) is 2.82. The van der Waals surface area contributed by atoms with Gasteiger partial charge in [-0.15, -0.1) is 0 Å². The molecule has 0 bridgehead atoms. The van der Waals surface area contributed by atoms with Crippen molar-refractivity contribution in [3.63, 3.8) is 0 Å². The number of carbonyl (C=O) groups is 1. The molecule has 0 saturated heterocycles. The molecular formula is C18H14N2O. The topological polar surface area (TPSA) is 33.2 Å². The number of benzene rings is 2. The number of para-hydroxylation sites is 1. The summed E-state index contributed by atoms with van der Waals surface area (Å²) in [6.07, 6.45) is 0. The summed E-state index contributed by atoms with van der Waals surface area (Å²) in [6, 6.07) is 17.9. The summed E-state index contributed by atoms with van der Waals surface area (Å²) in [5, 5.41) is 1.01. The maximum atomic E-state index is 12.6. The van der Waals surface area contributed by atoms with Crippen molar-refractivity contribution in [2.45, 2.75) is 13.5 Å². The fourth-order valence-electron chi connectivity index (χ4n) is 2.76. The van der Waals surface area contributed by atoms with E-state index in [-0.39, 0.29) is 5.91 Å². The van der Waals surface area contributed by atoms with Gasteiger partial charge in [0.25, 0.3) is 5.91 Å². The molecule has 1 aromatic heterocycles. The Kier molecular flexibility index (Phi) is 2.54. The summed E-state index contributed by atoms with van der Waals surface area (Å²) in [4.78, 5) is 19.0.